The molecule has 0 bridgehead atoms. The Morgan fingerprint density at radius 3 is 2.35 bits per heavy atom. The van der Waals surface area contributed by atoms with Gasteiger partial charge in [-0.05, 0) is 65.9 Å². The van der Waals surface area contributed by atoms with Crippen LogP contribution in [0.3, 0.4) is 0 Å². The molecule has 0 aliphatic carbocycles. The van der Waals surface area contributed by atoms with Gasteiger partial charge in [0.15, 0.2) is 0 Å². The number of hydrogen-bond donors (Lipinski definition) is 1. The predicted octanol–water partition coefficient (Wildman–Crippen LogP) is 5.02. The summed E-state index contributed by atoms with van der Waals surface area (Å²) in [5.41, 5.74) is -2.11. The van der Waals surface area contributed by atoms with Crippen molar-refractivity contribution in [3.8, 4) is 5.69 Å². The average molecular weight is 376 g/mol. The zero-order valence-electron chi connectivity index (χ0n) is 13.5. The van der Waals surface area contributed by atoms with Crippen molar-refractivity contribution >= 4 is 17.7 Å². The lowest BCUT2D eigenvalue weighted by atomic mass is 10.1. The molecule has 1 amide bonds. The molecule has 0 fully saturated rings. The van der Waals surface area contributed by atoms with E-state index >= 15 is 0 Å². The quantitative estimate of drug-likeness (QED) is 0.635. The predicted molar refractivity (Wildman–Crippen MR) is 95.3 cm³/mol. The van der Waals surface area contributed by atoms with Crippen LogP contribution in [0.1, 0.15) is 15.9 Å². The van der Waals surface area contributed by atoms with Gasteiger partial charge < -0.3 is 9.88 Å². The van der Waals surface area contributed by atoms with Crippen molar-refractivity contribution in [2.24, 2.45) is 0 Å². The summed E-state index contributed by atoms with van der Waals surface area (Å²) in [6, 6.07) is 16.9. The van der Waals surface area contributed by atoms with Crippen molar-refractivity contribution in [1.82, 2.24) is 9.88 Å². The summed E-state index contributed by atoms with van der Waals surface area (Å²) >= 11 is -0.202. The molecular formula is C19H15F3N2OS. The summed E-state index contributed by atoms with van der Waals surface area (Å²) in [5, 5.41) is 2.78. The maximum Gasteiger partial charge on any atom is 0.446 e. The Labute approximate surface area is 152 Å². The summed E-state index contributed by atoms with van der Waals surface area (Å²) in [4.78, 5) is 12.2. The van der Waals surface area contributed by atoms with Gasteiger partial charge in [-0.1, -0.05) is 12.1 Å². The zero-order valence-corrected chi connectivity index (χ0v) is 14.3. The van der Waals surface area contributed by atoms with E-state index in [-0.39, 0.29) is 22.6 Å². The van der Waals surface area contributed by atoms with E-state index < -0.39 is 5.51 Å². The highest BCUT2D eigenvalue weighted by Crippen LogP contribution is 2.36. The Morgan fingerprint density at radius 1 is 1.00 bits per heavy atom. The van der Waals surface area contributed by atoms with Gasteiger partial charge >= 0.3 is 5.51 Å². The van der Waals surface area contributed by atoms with Crippen LogP contribution in [-0.4, -0.2) is 16.0 Å². The minimum absolute atomic E-state index is 0.0495. The molecule has 0 spiro atoms. The number of nitrogens with one attached hydrogen (secondary N) is 1. The van der Waals surface area contributed by atoms with E-state index in [9.17, 15) is 18.0 Å². The van der Waals surface area contributed by atoms with Crippen molar-refractivity contribution in [2.75, 3.05) is 0 Å². The van der Waals surface area contributed by atoms with Gasteiger partial charge in [-0.3, -0.25) is 4.79 Å². The number of aromatic nitrogens is 1. The van der Waals surface area contributed by atoms with E-state index in [1.165, 1.54) is 24.3 Å². The molecular weight excluding hydrogens is 361 g/mol. The van der Waals surface area contributed by atoms with Gasteiger partial charge in [0.2, 0.25) is 0 Å². The van der Waals surface area contributed by atoms with Crippen LogP contribution in [-0.2, 0) is 6.54 Å². The second-order valence-corrected chi connectivity index (χ2v) is 6.65. The largest absolute Gasteiger partial charge is 0.446 e. The van der Waals surface area contributed by atoms with Crippen LogP contribution < -0.4 is 5.32 Å². The Morgan fingerprint density at radius 2 is 1.69 bits per heavy atom. The van der Waals surface area contributed by atoms with E-state index in [0.29, 0.717) is 12.1 Å². The van der Waals surface area contributed by atoms with E-state index in [4.69, 9.17) is 0 Å². The fraction of sp³-hybridized carbons (Fsp3) is 0.105. The molecule has 0 saturated heterocycles. The number of rotatable bonds is 5. The highest BCUT2D eigenvalue weighted by molar-refractivity contribution is 8.00. The number of benzene rings is 2. The molecule has 3 nitrogen and oxygen atoms in total. The molecule has 0 aliphatic rings. The van der Waals surface area contributed by atoms with Crippen molar-refractivity contribution in [3.05, 3.63) is 84.2 Å². The topological polar surface area (TPSA) is 34.0 Å². The zero-order chi connectivity index (χ0) is 18.6. The molecule has 1 aromatic heterocycles. The van der Waals surface area contributed by atoms with Crippen molar-refractivity contribution in [3.63, 3.8) is 0 Å². The first-order chi connectivity index (χ1) is 12.4. The second-order valence-electron chi connectivity index (χ2n) is 5.52. The third-order valence-electron chi connectivity index (χ3n) is 3.62. The molecule has 2 aromatic carbocycles. The lowest BCUT2D eigenvalue weighted by Crippen LogP contribution is -2.22. The first-order valence-electron chi connectivity index (χ1n) is 7.77. The Hall–Kier alpha value is -2.67. The van der Waals surface area contributed by atoms with Crippen LogP contribution in [0.25, 0.3) is 5.69 Å². The van der Waals surface area contributed by atoms with E-state index in [0.717, 1.165) is 11.3 Å². The summed E-state index contributed by atoms with van der Waals surface area (Å²) < 4.78 is 38.9. The third kappa shape index (κ3) is 4.92. The highest BCUT2D eigenvalue weighted by Gasteiger charge is 2.29. The highest BCUT2D eigenvalue weighted by atomic mass is 32.2. The molecule has 7 heteroatoms. The van der Waals surface area contributed by atoms with Gasteiger partial charge in [-0.15, -0.1) is 0 Å². The lowest BCUT2D eigenvalue weighted by Gasteiger charge is -2.09. The maximum atomic E-state index is 12.3. The van der Waals surface area contributed by atoms with Gasteiger partial charge in [0.05, 0.1) is 0 Å². The molecule has 26 heavy (non-hydrogen) atoms. The number of carbonyl (C=O) groups excluding carboxylic acids is 1. The molecule has 1 N–H and O–H groups in total. The Kier molecular flexibility index (Phi) is 5.37. The van der Waals surface area contributed by atoms with Gasteiger partial charge in [0, 0.05) is 35.1 Å². The molecule has 3 aromatic rings. The Balaban J connectivity index is 1.61. The van der Waals surface area contributed by atoms with Crippen molar-refractivity contribution < 1.29 is 18.0 Å². The minimum atomic E-state index is -4.34. The van der Waals surface area contributed by atoms with E-state index in [2.05, 4.69) is 5.32 Å². The number of thioether (sulfide) groups is 1. The van der Waals surface area contributed by atoms with Crippen LogP contribution in [0.2, 0.25) is 0 Å². The number of alkyl halides is 3. The molecule has 0 aliphatic heterocycles. The number of hydrogen-bond acceptors (Lipinski definition) is 2. The first kappa shape index (κ1) is 18.1. The van der Waals surface area contributed by atoms with Crippen LogP contribution in [0.5, 0.6) is 0 Å². The summed E-state index contributed by atoms with van der Waals surface area (Å²) in [5.74, 6) is -0.333. The maximum absolute atomic E-state index is 12.3. The van der Waals surface area contributed by atoms with Gasteiger partial charge in [0.1, 0.15) is 0 Å². The Bertz CT molecular complexity index is 875. The lowest BCUT2D eigenvalue weighted by molar-refractivity contribution is -0.0328. The third-order valence-corrected chi connectivity index (χ3v) is 4.36. The molecule has 0 atom stereocenters. The molecule has 0 saturated carbocycles. The molecule has 3 rings (SSSR count). The molecule has 1 heterocycles. The summed E-state index contributed by atoms with van der Waals surface area (Å²) in [6.07, 6.45) is 3.86. The normalized spacial score (nSPS) is 11.3. The van der Waals surface area contributed by atoms with Crippen LogP contribution in [0, 0.1) is 0 Å². The van der Waals surface area contributed by atoms with Crippen molar-refractivity contribution in [1.29, 1.82) is 0 Å². The fourth-order valence-electron chi connectivity index (χ4n) is 2.43. The van der Waals surface area contributed by atoms with E-state index in [1.54, 1.807) is 0 Å². The summed E-state index contributed by atoms with van der Waals surface area (Å²) in [7, 11) is 0. The van der Waals surface area contributed by atoms with Crippen LogP contribution in [0.4, 0.5) is 13.2 Å². The smallest absolute Gasteiger partial charge is 0.348 e. The monoisotopic (exact) mass is 376 g/mol. The molecule has 134 valence electrons. The number of amides is 1. The van der Waals surface area contributed by atoms with Crippen LogP contribution in [0.15, 0.2) is 78.0 Å². The summed E-state index contributed by atoms with van der Waals surface area (Å²) in [6.45, 7) is 0.326. The first-order valence-corrected chi connectivity index (χ1v) is 8.59. The van der Waals surface area contributed by atoms with E-state index in [1.807, 2.05) is 53.4 Å². The number of nitrogens with zero attached hydrogens (tertiary/aromatic N) is 1. The minimum Gasteiger partial charge on any atom is -0.348 e. The van der Waals surface area contributed by atoms with Gasteiger partial charge in [0.25, 0.3) is 5.91 Å². The average Bonchev–Trinajstić information content (AvgIpc) is 3.14. The van der Waals surface area contributed by atoms with Crippen LogP contribution >= 0.6 is 11.8 Å². The standard InChI is InChI=1S/C19H15F3N2OS/c20-19(21,22)26-17-8-6-15(7-9-17)18(25)23-13-14-4-3-5-16(12-14)24-10-1-2-11-24/h1-12H,13H2,(H,23,25). The van der Waals surface area contributed by atoms with Crippen molar-refractivity contribution in [2.45, 2.75) is 16.9 Å². The molecule has 0 radical (unpaired) electrons. The number of halogens is 3. The SMILES string of the molecule is O=C(NCc1cccc(-n2cccc2)c1)c1ccc(SC(F)(F)F)cc1. The second kappa shape index (κ2) is 7.70. The van der Waals surface area contributed by atoms with Gasteiger partial charge in [-0.2, -0.15) is 13.2 Å². The molecule has 0 unspecified atom stereocenters. The van der Waals surface area contributed by atoms with Gasteiger partial charge in [-0.25, -0.2) is 0 Å². The number of carbonyl (C=O) groups is 1. The fourth-order valence-corrected chi connectivity index (χ4v) is 2.97.